The Bertz CT molecular complexity index is 853. The van der Waals surface area contributed by atoms with E-state index in [1.807, 2.05) is 13.8 Å². The molecule has 0 saturated carbocycles. The molecular weight excluding hydrogens is 363 g/mol. The minimum Gasteiger partial charge on any atom is -0.481 e. The van der Waals surface area contributed by atoms with Crippen LogP contribution in [0.1, 0.15) is 37.4 Å². The van der Waals surface area contributed by atoms with Crippen molar-refractivity contribution < 1.29 is 23.9 Å². The van der Waals surface area contributed by atoms with Gasteiger partial charge >= 0.3 is 5.97 Å². The Morgan fingerprint density at radius 1 is 1.07 bits per heavy atom. The summed E-state index contributed by atoms with van der Waals surface area (Å²) in [5, 5.41) is 14.1. The van der Waals surface area contributed by atoms with Crippen LogP contribution in [-0.2, 0) is 20.8 Å². The highest BCUT2D eigenvalue weighted by atomic mass is 19.1. The number of hydrogen-bond acceptors (Lipinski definition) is 3. The van der Waals surface area contributed by atoms with Crippen LogP contribution >= 0.6 is 0 Å². The lowest BCUT2D eigenvalue weighted by molar-refractivity contribution is -0.136. The molecule has 7 heteroatoms. The maximum Gasteiger partial charge on any atom is 0.307 e. The van der Waals surface area contributed by atoms with Gasteiger partial charge in [0.25, 0.3) is 5.91 Å². The maximum atomic E-state index is 14.1. The first-order valence-electron chi connectivity index (χ1n) is 8.91. The van der Waals surface area contributed by atoms with Gasteiger partial charge in [-0.3, -0.25) is 14.4 Å². The largest absolute Gasteiger partial charge is 0.481 e. The number of hydrogen-bond donors (Lipinski definition) is 3. The van der Waals surface area contributed by atoms with E-state index in [0.29, 0.717) is 5.56 Å². The SMILES string of the molecule is CC(C)CC(=O)NC(C(=O)Nc1ccc(CC(=O)O)c(F)c1)c1ccccc1. The van der Waals surface area contributed by atoms with E-state index in [9.17, 15) is 18.8 Å². The average molecular weight is 386 g/mol. The van der Waals surface area contributed by atoms with Gasteiger partial charge < -0.3 is 15.7 Å². The predicted molar refractivity (Wildman–Crippen MR) is 103 cm³/mol. The van der Waals surface area contributed by atoms with Crippen LogP contribution in [-0.4, -0.2) is 22.9 Å². The van der Waals surface area contributed by atoms with Crippen LogP contribution in [0.25, 0.3) is 0 Å². The molecule has 0 aliphatic rings. The van der Waals surface area contributed by atoms with E-state index in [0.717, 1.165) is 6.07 Å². The van der Waals surface area contributed by atoms with Gasteiger partial charge in [-0.1, -0.05) is 50.2 Å². The molecule has 0 fully saturated rings. The van der Waals surface area contributed by atoms with E-state index in [1.165, 1.54) is 12.1 Å². The number of amides is 2. The molecule has 28 heavy (non-hydrogen) atoms. The molecule has 3 N–H and O–H groups in total. The zero-order chi connectivity index (χ0) is 20.7. The Balaban J connectivity index is 2.19. The van der Waals surface area contributed by atoms with Gasteiger partial charge in [0.2, 0.25) is 5.91 Å². The van der Waals surface area contributed by atoms with Crippen molar-refractivity contribution in [2.45, 2.75) is 32.7 Å². The fraction of sp³-hybridized carbons (Fsp3) is 0.286. The first kappa shape index (κ1) is 21.1. The zero-order valence-electron chi connectivity index (χ0n) is 15.7. The minimum atomic E-state index is -1.15. The molecule has 2 aromatic carbocycles. The van der Waals surface area contributed by atoms with Gasteiger partial charge in [0.1, 0.15) is 11.9 Å². The summed E-state index contributed by atoms with van der Waals surface area (Å²) >= 11 is 0. The second-order valence-electron chi connectivity index (χ2n) is 6.88. The first-order chi connectivity index (χ1) is 13.3. The lowest BCUT2D eigenvalue weighted by Crippen LogP contribution is -2.37. The normalized spacial score (nSPS) is 11.7. The molecule has 0 heterocycles. The summed E-state index contributed by atoms with van der Waals surface area (Å²) in [6.45, 7) is 3.80. The van der Waals surface area contributed by atoms with Crippen molar-refractivity contribution in [3.8, 4) is 0 Å². The van der Waals surface area contributed by atoms with Gasteiger partial charge in [-0.15, -0.1) is 0 Å². The molecule has 2 amide bonds. The third-order valence-electron chi connectivity index (χ3n) is 3.96. The van der Waals surface area contributed by atoms with Crippen molar-refractivity contribution in [3.05, 3.63) is 65.5 Å². The quantitative estimate of drug-likeness (QED) is 0.649. The lowest BCUT2D eigenvalue weighted by Gasteiger charge is -2.20. The van der Waals surface area contributed by atoms with Gasteiger partial charge in [0.15, 0.2) is 0 Å². The molecule has 6 nitrogen and oxygen atoms in total. The molecule has 1 unspecified atom stereocenters. The van der Waals surface area contributed by atoms with Crippen molar-refractivity contribution in [1.29, 1.82) is 0 Å². The number of nitrogens with one attached hydrogen (secondary N) is 2. The highest BCUT2D eigenvalue weighted by Gasteiger charge is 2.23. The Morgan fingerprint density at radius 2 is 1.75 bits per heavy atom. The van der Waals surface area contributed by atoms with Crippen molar-refractivity contribution >= 4 is 23.5 Å². The van der Waals surface area contributed by atoms with Crippen LogP contribution in [0, 0.1) is 11.7 Å². The molecule has 0 aliphatic heterocycles. The zero-order valence-corrected chi connectivity index (χ0v) is 15.7. The van der Waals surface area contributed by atoms with Crippen LogP contribution in [0.2, 0.25) is 0 Å². The molecule has 0 saturated heterocycles. The maximum absolute atomic E-state index is 14.1. The van der Waals surface area contributed by atoms with Crippen molar-refractivity contribution in [1.82, 2.24) is 5.32 Å². The Hall–Kier alpha value is -3.22. The fourth-order valence-corrected chi connectivity index (χ4v) is 2.68. The number of carbonyl (C=O) groups excluding carboxylic acids is 2. The Labute approximate surface area is 162 Å². The summed E-state index contributed by atoms with van der Waals surface area (Å²) in [5.41, 5.74) is 0.797. The third kappa shape index (κ3) is 6.19. The van der Waals surface area contributed by atoms with Crippen LogP contribution in [0.3, 0.4) is 0 Å². The average Bonchev–Trinajstić information content (AvgIpc) is 2.61. The van der Waals surface area contributed by atoms with E-state index in [4.69, 9.17) is 5.11 Å². The summed E-state index contributed by atoms with van der Waals surface area (Å²) in [6, 6.07) is 11.6. The van der Waals surface area contributed by atoms with E-state index >= 15 is 0 Å². The summed E-state index contributed by atoms with van der Waals surface area (Å²) in [7, 11) is 0. The summed E-state index contributed by atoms with van der Waals surface area (Å²) in [6.07, 6.45) is -0.174. The minimum absolute atomic E-state index is 0.0235. The number of carboxylic acid groups (broad SMARTS) is 1. The van der Waals surface area contributed by atoms with Crippen LogP contribution in [0.5, 0.6) is 0 Å². The second-order valence-corrected chi connectivity index (χ2v) is 6.88. The number of anilines is 1. The molecule has 0 radical (unpaired) electrons. The summed E-state index contributed by atoms with van der Waals surface area (Å²) in [4.78, 5) is 35.7. The van der Waals surface area contributed by atoms with Crippen LogP contribution in [0.4, 0.5) is 10.1 Å². The number of rotatable bonds is 8. The van der Waals surface area contributed by atoms with Gasteiger partial charge in [-0.2, -0.15) is 0 Å². The highest BCUT2D eigenvalue weighted by Crippen LogP contribution is 2.19. The highest BCUT2D eigenvalue weighted by molar-refractivity contribution is 5.98. The van der Waals surface area contributed by atoms with Gasteiger partial charge in [0.05, 0.1) is 6.42 Å². The number of aliphatic carboxylic acids is 1. The third-order valence-corrected chi connectivity index (χ3v) is 3.96. The number of carbonyl (C=O) groups is 3. The molecule has 0 spiro atoms. The Morgan fingerprint density at radius 3 is 2.32 bits per heavy atom. The van der Waals surface area contributed by atoms with Crippen LogP contribution in [0.15, 0.2) is 48.5 Å². The van der Waals surface area contributed by atoms with E-state index in [2.05, 4.69) is 10.6 Å². The lowest BCUT2D eigenvalue weighted by atomic mass is 10.0. The molecule has 0 bridgehead atoms. The molecule has 2 rings (SSSR count). The molecule has 2 aromatic rings. The van der Waals surface area contributed by atoms with E-state index in [1.54, 1.807) is 30.3 Å². The van der Waals surface area contributed by atoms with Crippen LogP contribution < -0.4 is 10.6 Å². The monoisotopic (exact) mass is 386 g/mol. The molecule has 148 valence electrons. The number of halogens is 1. The van der Waals surface area contributed by atoms with E-state index < -0.39 is 30.2 Å². The molecule has 0 aliphatic carbocycles. The fourth-order valence-electron chi connectivity index (χ4n) is 2.68. The summed E-state index contributed by atoms with van der Waals surface area (Å²) < 4.78 is 14.1. The van der Waals surface area contributed by atoms with E-state index in [-0.39, 0.29) is 29.5 Å². The first-order valence-corrected chi connectivity index (χ1v) is 8.91. The topological polar surface area (TPSA) is 95.5 Å². The van der Waals surface area contributed by atoms with Crippen molar-refractivity contribution in [2.75, 3.05) is 5.32 Å². The molecule has 1 atom stereocenters. The van der Waals surface area contributed by atoms with Crippen molar-refractivity contribution in [2.24, 2.45) is 5.92 Å². The summed E-state index contributed by atoms with van der Waals surface area (Å²) in [5.74, 6) is -2.51. The standard InChI is InChI=1S/C21H23FN2O4/c1-13(2)10-18(25)24-20(14-6-4-3-5-7-14)21(28)23-16-9-8-15(11-19(26)27)17(22)12-16/h3-9,12-13,20H,10-11H2,1-2H3,(H,23,28)(H,24,25)(H,26,27). The second kappa shape index (κ2) is 9.64. The number of carboxylic acids is 1. The Kier molecular flexibility index (Phi) is 7.26. The predicted octanol–water partition coefficient (Wildman–Crippen LogP) is 3.29. The number of benzene rings is 2. The van der Waals surface area contributed by atoms with Gasteiger partial charge in [-0.05, 0) is 29.2 Å². The molecule has 0 aromatic heterocycles. The molecular formula is C21H23FN2O4. The van der Waals surface area contributed by atoms with Gasteiger partial charge in [0, 0.05) is 12.1 Å². The van der Waals surface area contributed by atoms with Gasteiger partial charge in [-0.25, -0.2) is 4.39 Å². The smallest absolute Gasteiger partial charge is 0.307 e. The van der Waals surface area contributed by atoms with Crippen molar-refractivity contribution in [3.63, 3.8) is 0 Å².